The maximum atomic E-state index is 12.8. The molecular formula is C16H12F8N4O. The van der Waals surface area contributed by atoms with Crippen molar-refractivity contribution in [1.82, 2.24) is 10.2 Å². The Kier molecular flexibility index (Phi) is 5.72. The lowest BCUT2D eigenvalue weighted by molar-refractivity contribution is -0.160. The van der Waals surface area contributed by atoms with E-state index < -0.39 is 65.6 Å². The highest BCUT2D eigenvalue weighted by atomic mass is 19.4. The molecule has 0 aromatic heterocycles. The first-order valence-electron chi connectivity index (χ1n) is 7.67. The zero-order valence-electron chi connectivity index (χ0n) is 14.2. The normalized spacial score (nSPS) is 16.5. The van der Waals surface area contributed by atoms with Crippen LogP contribution in [0, 0.1) is 10.8 Å². The molecule has 2 rings (SSSR count). The molecular weight excluding hydrogens is 416 g/mol. The van der Waals surface area contributed by atoms with Crippen molar-refractivity contribution < 1.29 is 39.9 Å². The summed E-state index contributed by atoms with van der Waals surface area (Å²) in [5.74, 6) is -5.55. The molecule has 13 heteroatoms. The topological polar surface area (TPSA) is 80.0 Å². The average molecular weight is 428 g/mol. The third kappa shape index (κ3) is 5.74. The van der Waals surface area contributed by atoms with E-state index in [4.69, 9.17) is 10.8 Å². The molecule has 1 aliphatic heterocycles. The number of hydrogen-bond acceptors (Lipinski definition) is 3. The molecule has 1 fully saturated rings. The number of halogens is 8. The molecule has 0 saturated carbocycles. The van der Waals surface area contributed by atoms with Gasteiger partial charge in [-0.3, -0.25) is 15.6 Å². The van der Waals surface area contributed by atoms with Crippen LogP contribution < -0.4 is 5.32 Å². The first-order chi connectivity index (χ1) is 13.1. The summed E-state index contributed by atoms with van der Waals surface area (Å²) in [6.45, 7) is -1.62. The van der Waals surface area contributed by atoms with Crippen molar-refractivity contribution in [2.75, 3.05) is 13.1 Å². The molecule has 5 nitrogen and oxygen atoms in total. The van der Waals surface area contributed by atoms with Gasteiger partial charge in [0.1, 0.15) is 11.7 Å². The Morgan fingerprint density at radius 3 is 1.86 bits per heavy atom. The van der Waals surface area contributed by atoms with Crippen LogP contribution >= 0.6 is 0 Å². The Morgan fingerprint density at radius 1 is 0.966 bits per heavy atom. The number of amidine groups is 2. The molecule has 1 aromatic carbocycles. The quantitative estimate of drug-likeness (QED) is 0.298. The Hall–Kier alpha value is -2.99. The van der Waals surface area contributed by atoms with E-state index in [0.717, 1.165) is 11.0 Å². The van der Waals surface area contributed by atoms with Gasteiger partial charge in [-0.05, 0) is 24.3 Å². The summed E-state index contributed by atoms with van der Waals surface area (Å²) in [7, 11) is 0. The van der Waals surface area contributed by atoms with Crippen molar-refractivity contribution in [2.24, 2.45) is 0 Å². The van der Waals surface area contributed by atoms with Gasteiger partial charge >= 0.3 is 12.4 Å². The summed E-state index contributed by atoms with van der Waals surface area (Å²) in [5, 5.41) is 17.1. The van der Waals surface area contributed by atoms with Gasteiger partial charge in [0, 0.05) is 11.6 Å². The molecule has 3 N–H and O–H groups in total. The number of carbonyl (C=O) groups is 1. The number of nitrogens with zero attached hydrogens (tertiary/aromatic N) is 1. The highest BCUT2D eigenvalue weighted by molar-refractivity contribution is 6.11. The summed E-state index contributed by atoms with van der Waals surface area (Å²) < 4.78 is 102. The highest BCUT2D eigenvalue weighted by Gasteiger charge is 2.45. The Bertz CT molecular complexity index is 832. The number of benzene rings is 1. The van der Waals surface area contributed by atoms with Crippen LogP contribution in [0.15, 0.2) is 30.4 Å². The van der Waals surface area contributed by atoms with Crippen LogP contribution in [0.1, 0.15) is 16.7 Å². The lowest BCUT2D eigenvalue weighted by Gasteiger charge is -2.37. The number of likely N-dealkylation sites (tertiary alicyclic amines) is 1. The van der Waals surface area contributed by atoms with Gasteiger partial charge in [0.15, 0.2) is 0 Å². The van der Waals surface area contributed by atoms with Crippen LogP contribution in [0.5, 0.6) is 0 Å². The van der Waals surface area contributed by atoms with Gasteiger partial charge in [-0.15, -0.1) is 0 Å². The van der Waals surface area contributed by atoms with Gasteiger partial charge in [-0.1, -0.05) is 0 Å². The molecule has 1 heterocycles. The minimum absolute atomic E-state index is 0.108. The van der Waals surface area contributed by atoms with Crippen molar-refractivity contribution >= 4 is 17.6 Å². The summed E-state index contributed by atoms with van der Waals surface area (Å²) in [6.07, 6.45) is -8.75. The maximum absolute atomic E-state index is 12.8. The van der Waals surface area contributed by atoms with E-state index >= 15 is 0 Å². The number of rotatable bonds is 3. The smallest absolute Gasteiger partial charge is 0.327 e. The van der Waals surface area contributed by atoms with E-state index in [9.17, 15) is 39.9 Å². The van der Waals surface area contributed by atoms with Crippen molar-refractivity contribution in [2.45, 2.75) is 18.3 Å². The molecule has 0 spiro atoms. The van der Waals surface area contributed by atoms with Gasteiger partial charge in [-0.2, -0.15) is 26.3 Å². The summed E-state index contributed by atoms with van der Waals surface area (Å²) in [6, 6.07) is 0.493. The SMILES string of the molecule is N=C(/C=C\C(=O)N1CC(F)(F)C1)NC(=N)c1cc(C(F)(F)F)cc(C(F)(F)F)c1. The van der Waals surface area contributed by atoms with Gasteiger partial charge in [0.05, 0.1) is 24.2 Å². The molecule has 29 heavy (non-hydrogen) atoms. The number of carbonyl (C=O) groups excluding carboxylic acids is 1. The van der Waals surface area contributed by atoms with E-state index in [0.29, 0.717) is 18.2 Å². The predicted octanol–water partition coefficient (Wildman–Crippen LogP) is 3.65. The van der Waals surface area contributed by atoms with Crippen molar-refractivity contribution in [3.8, 4) is 0 Å². The Labute approximate surface area is 158 Å². The van der Waals surface area contributed by atoms with E-state index in [2.05, 4.69) is 0 Å². The Morgan fingerprint density at radius 2 is 1.45 bits per heavy atom. The van der Waals surface area contributed by atoms with Gasteiger partial charge in [0.25, 0.3) is 5.92 Å². The first-order valence-corrected chi connectivity index (χ1v) is 7.67. The van der Waals surface area contributed by atoms with E-state index in [1.807, 2.05) is 5.32 Å². The Balaban J connectivity index is 2.12. The van der Waals surface area contributed by atoms with Crippen LogP contribution in [0.3, 0.4) is 0 Å². The fraction of sp³-hybridized carbons (Fsp3) is 0.312. The van der Waals surface area contributed by atoms with Crippen LogP contribution in [0.4, 0.5) is 35.1 Å². The van der Waals surface area contributed by atoms with Crippen LogP contribution in [0.25, 0.3) is 0 Å². The molecule has 1 aromatic rings. The second-order valence-corrected chi connectivity index (χ2v) is 6.09. The van der Waals surface area contributed by atoms with Crippen LogP contribution in [0.2, 0.25) is 0 Å². The highest BCUT2D eigenvalue weighted by Crippen LogP contribution is 2.36. The fourth-order valence-corrected chi connectivity index (χ4v) is 2.28. The van der Waals surface area contributed by atoms with E-state index in [-0.39, 0.29) is 6.07 Å². The van der Waals surface area contributed by atoms with Crippen molar-refractivity contribution in [3.63, 3.8) is 0 Å². The van der Waals surface area contributed by atoms with Gasteiger partial charge in [-0.25, -0.2) is 8.78 Å². The predicted molar refractivity (Wildman–Crippen MR) is 84.8 cm³/mol. The zero-order chi connectivity index (χ0) is 22.2. The summed E-state index contributed by atoms with van der Waals surface area (Å²) in [4.78, 5) is 12.3. The largest absolute Gasteiger partial charge is 0.416 e. The van der Waals surface area contributed by atoms with E-state index in [1.165, 1.54) is 0 Å². The minimum atomic E-state index is -5.10. The molecule has 1 saturated heterocycles. The zero-order valence-corrected chi connectivity index (χ0v) is 14.2. The number of nitrogens with one attached hydrogen (secondary N) is 3. The number of alkyl halides is 8. The van der Waals surface area contributed by atoms with Gasteiger partial charge in [0.2, 0.25) is 5.91 Å². The molecule has 1 amide bonds. The average Bonchev–Trinajstić information content (AvgIpc) is 2.55. The van der Waals surface area contributed by atoms with E-state index in [1.54, 1.807) is 0 Å². The third-order valence-corrected chi connectivity index (χ3v) is 3.68. The second-order valence-electron chi connectivity index (χ2n) is 6.09. The lowest BCUT2D eigenvalue weighted by atomic mass is 10.0. The molecule has 158 valence electrons. The van der Waals surface area contributed by atoms with Crippen molar-refractivity contribution in [1.29, 1.82) is 10.8 Å². The van der Waals surface area contributed by atoms with Crippen LogP contribution in [-0.2, 0) is 17.1 Å². The third-order valence-electron chi connectivity index (χ3n) is 3.68. The molecule has 0 atom stereocenters. The first kappa shape index (κ1) is 22.3. The minimum Gasteiger partial charge on any atom is -0.327 e. The maximum Gasteiger partial charge on any atom is 0.416 e. The van der Waals surface area contributed by atoms with Crippen LogP contribution in [-0.4, -0.2) is 41.5 Å². The fourth-order valence-electron chi connectivity index (χ4n) is 2.28. The monoisotopic (exact) mass is 428 g/mol. The van der Waals surface area contributed by atoms with Gasteiger partial charge < -0.3 is 10.2 Å². The molecule has 1 aliphatic rings. The molecule has 0 radical (unpaired) electrons. The summed E-state index contributed by atoms with van der Waals surface area (Å²) >= 11 is 0. The second kappa shape index (κ2) is 7.44. The van der Waals surface area contributed by atoms with Crippen molar-refractivity contribution in [3.05, 3.63) is 47.0 Å². The summed E-state index contributed by atoms with van der Waals surface area (Å²) in [5.41, 5.74) is -4.06. The number of hydrogen-bond donors (Lipinski definition) is 3. The molecule has 0 unspecified atom stereocenters. The standard InChI is InChI=1S/C16H12F8N4O/c17-14(18)6-28(7-14)12(29)2-1-11(25)27-13(26)8-3-9(15(19,20)21)5-10(4-8)16(22,23)24/h1-5H,6-7H2,(H3,25,26,27)/b2-1-. The lowest BCUT2D eigenvalue weighted by Crippen LogP contribution is -2.58. The molecule has 0 bridgehead atoms. The number of amides is 1. The molecule has 0 aliphatic carbocycles.